The fraction of sp³-hybridized carbons (Fsp3) is 0.636. The van der Waals surface area contributed by atoms with Crippen molar-refractivity contribution in [3.8, 4) is 0 Å². The molecule has 1 aliphatic heterocycles. The summed E-state index contributed by atoms with van der Waals surface area (Å²) in [6, 6.07) is 4.16. The Balaban J connectivity index is 1.90. The van der Waals surface area contributed by atoms with Gasteiger partial charge in [-0.05, 0) is 37.4 Å². The van der Waals surface area contributed by atoms with Crippen LogP contribution in [0, 0.1) is 5.92 Å². The Bertz CT molecular complexity index is 295. The minimum absolute atomic E-state index is 0.862. The van der Waals surface area contributed by atoms with Crippen molar-refractivity contribution in [2.45, 2.75) is 26.3 Å². The van der Waals surface area contributed by atoms with E-state index in [0.29, 0.717) is 0 Å². The summed E-state index contributed by atoms with van der Waals surface area (Å²) in [5, 5.41) is 0.935. The zero-order valence-corrected chi connectivity index (χ0v) is 9.52. The summed E-state index contributed by atoms with van der Waals surface area (Å²) >= 11 is 1.72. The standard InChI is InChI=1S/C11H18N2S/c1-9-3-2-6-13(7-9)8-10-4-5-11(12)14-10/h4-5,9H,2-3,6-8,12H2,1H3. The lowest BCUT2D eigenvalue weighted by Crippen LogP contribution is -2.33. The van der Waals surface area contributed by atoms with Gasteiger partial charge in [-0.1, -0.05) is 6.92 Å². The number of anilines is 1. The predicted octanol–water partition coefficient (Wildman–Crippen LogP) is 2.56. The van der Waals surface area contributed by atoms with Gasteiger partial charge >= 0.3 is 0 Å². The lowest BCUT2D eigenvalue weighted by atomic mass is 10.0. The minimum atomic E-state index is 0.862. The van der Waals surface area contributed by atoms with Gasteiger partial charge in [0.15, 0.2) is 0 Å². The van der Waals surface area contributed by atoms with Gasteiger partial charge in [0, 0.05) is 18.0 Å². The summed E-state index contributed by atoms with van der Waals surface area (Å²) in [6.07, 6.45) is 2.74. The fourth-order valence-corrected chi connectivity index (χ4v) is 2.95. The number of likely N-dealkylation sites (tertiary alicyclic amines) is 1. The quantitative estimate of drug-likeness (QED) is 0.813. The van der Waals surface area contributed by atoms with Crippen LogP contribution in [0.15, 0.2) is 12.1 Å². The van der Waals surface area contributed by atoms with E-state index in [1.807, 2.05) is 6.07 Å². The highest BCUT2D eigenvalue weighted by Crippen LogP contribution is 2.23. The lowest BCUT2D eigenvalue weighted by Gasteiger charge is -2.30. The van der Waals surface area contributed by atoms with Crippen LogP contribution in [0.3, 0.4) is 0 Å². The number of nitrogens with two attached hydrogens (primary N) is 1. The Kier molecular flexibility index (Phi) is 3.08. The van der Waals surface area contributed by atoms with Crippen LogP contribution in [-0.4, -0.2) is 18.0 Å². The molecule has 0 radical (unpaired) electrons. The van der Waals surface area contributed by atoms with Crippen LogP contribution >= 0.6 is 11.3 Å². The second-order valence-electron chi connectivity index (χ2n) is 4.29. The summed E-state index contributed by atoms with van der Waals surface area (Å²) in [5.74, 6) is 0.862. The molecule has 1 saturated heterocycles. The minimum Gasteiger partial charge on any atom is -0.391 e. The van der Waals surface area contributed by atoms with Gasteiger partial charge in [-0.15, -0.1) is 11.3 Å². The molecule has 1 atom stereocenters. The third-order valence-corrected chi connectivity index (χ3v) is 3.70. The highest BCUT2D eigenvalue weighted by Gasteiger charge is 2.16. The predicted molar refractivity (Wildman–Crippen MR) is 62.4 cm³/mol. The molecule has 78 valence electrons. The first-order valence-corrected chi connectivity index (χ1v) is 6.12. The Morgan fingerprint density at radius 3 is 3.07 bits per heavy atom. The number of thiophene rings is 1. The Labute approximate surface area is 89.7 Å². The molecule has 0 aliphatic carbocycles. The van der Waals surface area contributed by atoms with Crippen molar-refractivity contribution in [2.24, 2.45) is 5.92 Å². The number of piperidine rings is 1. The average molecular weight is 210 g/mol. The van der Waals surface area contributed by atoms with Crippen molar-refractivity contribution >= 4 is 16.3 Å². The maximum absolute atomic E-state index is 5.71. The molecular formula is C11H18N2S. The van der Waals surface area contributed by atoms with E-state index < -0.39 is 0 Å². The molecular weight excluding hydrogens is 192 g/mol. The Morgan fingerprint density at radius 1 is 1.57 bits per heavy atom. The molecule has 1 aromatic heterocycles. The first kappa shape index (κ1) is 9.99. The van der Waals surface area contributed by atoms with E-state index in [0.717, 1.165) is 17.5 Å². The molecule has 1 aromatic rings. The molecule has 0 spiro atoms. The van der Waals surface area contributed by atoms with E-state index in [1.165, 1.54) is 30.8 Å². The van der Waals surface area contributed by atoms with E-state index in [4.69, 9.17) is 5.73 Å². The molecule has 1 fully saturated rings. The first-order chi connectivity index (χ1) is 6.74. The molecule has 2 nitrogen and oxygen atoms in total. The van der Waals surface area contributed by atoms with Crippen molar-refractivity contribution < 1.29 is 0 Å². The molecule has 0 amide bonds. The fourth-order valence-electron chi connectivity index (χ4n) is 2.13. The van der Waals surface area contributed by atoms with Crippen LogP contribution < -0.4 is 5.73 Å². The molecule has 2 heterocycles. The van der Waals surface area contributed by atoms with Gasteiger partial charge in [-0.3, -0.25) is 4.90 Å². The summed E-state index contributed by atoms with van der Waals surface area (Å²) in [7, 11) is 0. The number of rotatable bonds is 2. The van der Waals surface area contributed by atoms with Crippen molar-refractivity contribution in [3.63, 3.8) is 0 Å². The van der Waals surface area contributed by atoms with Gasteiger partial charge in [0.05, 0.1) is 5.00 Å². The van der Waals surface area contributed by atoms with Crippen LogP contribution in [-0.2, 0) is 6.54 Å². The van der Waals surface area contributed by atoms with Gasteiger partial charge < -0.3 is 5.73 Å². The average Bonchev–Trinajstić information content (AvgIpc) is 2.51. The molecule has 3 heteroatoms. The molecule has 1 aliphatic rings. The largest absolute Gasteiger partial charge is 0.391 e. The monoisotopic (exact) mass is 210 g/mol. The van der Waals surface area contributed by atoms with Crippen molar-refractivity contribution in [3.05, 3.63) is 17.0 Å². The van der Waals surface area contributed by atoms with Gasteiger partial charge in [0.2, 0.25) is 0 Å². The number of hydrogen-bond donors (Lipinski definition) is 1. The maximum Gasteiger partial charge on any atom is 0.0859 e. The molecule has 0 bridgehead atoms. The normalized spacial score (nSPS) is 23.9. The zero-order chi connectivity index (χ0) is 9.97. The second-order valence-corrected chi connectivity index (χ2v) is 5.49. The van der Waals surface area contributed by atoms with Gasteiger partial charge in [0.1, 0.15) is 0 Å². The van der Waals surface area contributed by atoms with E-state index in [-0.39, 0.29) is 0 Å². The topological polar surface area (TPSA) is 29.3 Å². The van der Waals surface area contributed by atoms with E-state index in [9.17, 15) is 0 Å². The van der Waals surface area contributed by atoms with Gasteiger partial charge in [-0.25, -0.2) is 0 Å². The van der Waals surface area contributed by atoms with Crippen molar-refractivity contribution in [1.82, 2.24) is 4.90 Å². The van der Waals surface area contributed by atoms with Crippen LogP contribution in [0.5, 0.6) is 0 Å². The SMILES string of the molecule is CC1CCCN(Cc2ccc(N)s2)C1. The van der Waals surface area contributed by atoms with E-state index >= 15 is 0 Å². The number of nitrogens with zero attached hydrogens (tertiary/aromatic N) is 1. The molecule has 2 N–H and O–H groups in total. The van der Waals surface area contributed by atoms with E-state index in [2.05, 4.69) is 17.9 Å². The molecule has 1 unspecified atom stereocenters. The molecule has 0 aromatic carbocycles. The Hall–Kier alpha value is -0.540. The smallest absolute Gasteiger partial charge is 0.0859 e. The van der Waals surface area contributed by atoms with E-state index in [1.54, 1.807) is 11.3 Å². The van der Waals surface area contributed by atoms with Gasteiger partial charge in [-0.2, -0.15) is 0 Å². The molecule has 14 heavy (non-hydrogen) atoms. The Morgan fingerprint density at radius 2 is 2.43 bits per heavy atom. The summed E-state index contributed by atoms with van der Waals surface area (Å²) < 4.78 is 0. The highest BCUT2D eigenvalue weighted by atomic mass is 32.1. The maximum atomic E-state index is 5.71. The number of nitrogen functional groups attached to an aromatic ring is 1. The van der Waals surface area contributed by atoms with Gasteiger partial charge in [0.25, 0.3) is 0 Å². The van der Waals surface area contributed by atoms with Crippen LogP contribution in [0.25, 0.3) is 0 Å². The molecule has 0 saturated carbocycles. The van der Waals surface area contributed by atoms with Crippen molar-refractivity contribution in [2.75, 3.05) is 18.8 Å². The first-order valence-electron chi connectivity index (χ1n) is 5.30. The third kappa shape index (κ3) is 2.49. The van der Waals surface area contributed by atoms with Crippen LogP contribution in [0.1, 0.15) is 24.6 Å². The van der Waals surface area contributed by atoms with Crippen LogP contribution in [0.4, 0.5) is 5.00 Å². The lowest BCUT2D eigenvalue weighted by molar-refractivity contribution is 0.178. The third-order valence-electron chi connectivity index (χ3n) is 2.80. The highest BCUT2D eigenvalue weighted by molar-refractivity contribution is 7.15. The van der Waals surface area contributed by atoms with Crippen molar-refractivity contribution in [1.29, 1.82) is 0 Å². The summed E-state index contributed by atoms with van der Waals surface area (Å²) in [5.41, 5.74) is 5.71. The molecule has 2 rings (SSSR count). The summed E-state index contributed by atoms with van der Waals surface area (Å²) in [6.45, 7) is 5.93. The summed E-state index contributed by atoms with van der Waals surface area (Å²) in [4.78, 5) is 3.94. The zero-order valence-electron chi connectivity index (χ0n) is 8.70. The second kappa shape index (κ2) is 4.32. The van der Waals surface area contributed by atoms with Crippen LogP contribution in [0.2, 0.25) is 0 Å². The number of hydrogen-bond acceptors (Lipinski definition) is 3.